The molecule has 0 aliphatic rings. The van der Waals surface area contributed by atoms with Crippen molar-refractivity contribution in [2.45, 2.75) is 26.8 Å². The van der Waals surface area contributed by atoms with E-state index in [0.29, 0.717) is 0 Å². The topological polar surface area (TPSA) is 63.6 Å². The van der Waals surface area contributed by atoms with Gasteiger partial charge in [-0.25, -0.2) is 0 Å². The van der Waals surface area contributed by atoms with E-state index in [1.165, 1.54) is 0 Å². The summed E-state index contributed by atoms with van der Waals surface area (Å²) in [6.07, 6.45) is 0. The first-order valence-corrected chi connectivity index (χ1v) is 6.25. The van der Waals surface area contributed by atoms with Crippen LogP contribution in [0.15, 0.2) is 6.07 Å². The average molecular weight is 249 g/mol. The fourth-order valence-electron chi connectivity index (χ4n) is 1.41. The number of nitrogens with one attached hydrogen (secondary N) is 1. The van der Waals surface area contributed by atoms with E-state index in [-0.39, 0.29) is 6.04 Å². The molecule has 2 heterocycles. The molecule has 6 heteroatoms. The molecule has 0 aromatic carbocycles. The molecule has 0 aliphatic heterocycles. The third kappa shape index (κ3) is 2.48. The molecule has 0 radical (unpaired) electrons. The van der Waals surface area contributed by atoms with Crippen molar-refractivity contribution >= 4 is 11.3 Å². The average Bonchev–Trinajstić information content (AvgIpc) is 2.80. The second-order valence-electron chi connectivity index (χ2n) is 3.94. The fraction of sp³-hybridized carbons (Fsp3) is 0.455. The second-order valence-corrected chi connectivity index (χ2v) is 4.95. The lowest BCUT2D eigenvalue weighted by Gasteiger charge is -2.03. The largest absolute Gasteiger partial charge is 0.311 e. The highest BCUT2D eigenvalue weighted by Gasteiger charge is 2.13. The maximum Gasteiger partial charge on any atom is 0.149 e. The Morgan fingerprint density at radius 3 is 2.65 bits per heavy atom. The summed E-state index contributed by atoms with van der Waals surface area (Å²) in [7, 11) is 1.91. The monoisotopic (exact) mass is 249 g/mol. The Bertz CT molecular complexity index is 522. The predicted molar refractivity (Wildman–Crippen MR) is 67.9 cm³/mol. The molecule has 0 saturated carbocycles. The van der Waals surface area contributed by atoms with Gasteiger partial charge in [-0.1, -0.05) is 11.3 Å². The van der Waals surface area contributed by atoms with E-state index in [1.54, 1.807) is 11.3 Å². The van der Waals surface area contributed by atoms with Crippen LogP contribution in [0.2, 0.25) is 0 Å². The summed E-state index contributed by atoms with van der Waals surface area (Å²) in [4.78, 5) is 0. The van der Waals surface area contributed by atoms with Gasteiger partial charge in [0.2, 0.25) is 0 Å². The van der Waals surface area contributed by atoms with Crippen LogP contribution in [0, 0.1) is 13.8 Å². The van der Waals surface area contributed by atoms with Gasteiger partial charge in [0.25, 0.3) is 0 Å². The zero-order chi connectivity index (χ0) is 12.4. The van der Waals surface area contributed by atoms with E-state index in [4.69, 9.17) is 0 Å². The van der Waals surface area contributed by atoms with Crippen molar-refractivity contribution in [3.05, 3.63) is 22.5 Å². The Hall–Kier alpha value is -1.40. The van der Waals surface area contributed by atoms with Crippen LogP contribution in [-0.4, -0.2) is 27.4 Å². The highest BCUT2D eigenvalue weighted by molar-refractivity contribution is 7.14. The van der Waals surface area contributed by atoms with Crippen LogP contribution in [-0.2, 0) is 0 Å². The van der Waals surface area contributed by atoms with Crippen molar-refractivity contribution in [2.75, 3.05) is 7.05 Å². The first-order valence-electron chi connectivity index (χ1n) is 5.43. The van der Waals surface area contributed by atoms with Crippen molar-refractivity contribution in [1.82, 2.24) is 25.7 Å². The van der Waals surface area contributed by atoms with Gasteiger partial charge in [0, 0.05) is 5.56 Å². The zero-order valence-electron chi connectivity index (χ0n) is 10.4. The van der Waals surface area contributed by atoms with Gasteiger partial charge >= 0.3 is 0 Å². The van der Waals surface area contributed by atoms with Crippen LogP contribution in [0.3, 0.4) is 0 Å². The lowest BCUT2D eigenvalue weighted by molar-refractivity contribution is 0.640. The Labute approximate surface area is 104 Å². The molecular formula is C11H15N5S. The first kappa shape index (κ1) is 12.1. The van der Waals surface area contributed by atoms with Gasteiger partial charge in [0.15, 0.2) is 0 Å². The number of nitrogens with zero attached hydrogens (tertiary/aromatic N) is 4. The summed E-state index contributed by atoms with van der Waals surface area (Å²) >= 11 is 1.59. The molecule has 0 saturated heterocycles. The van der Waals surface area contributed by atoms with Crippen LogP contribution in [0.4, 0.5) is 0 Å². The highest BCUT2D eigenvalue weighted by Crippen LogP contribution is 2.28. The van der Waals surface area contributed by atoms with E-state index in [0.717, 1.165) is 27.0 Å². The Morgan fingerprint density at radius 2 is 1.94 bits per heavy atom. The van der Waals surface area contributed by atoms with Gasteiger partial charge < -0.3 is 5.32 Å². The van der Waals surface area contributed by atoms with E-state index < -0.39 is 0 Å². The molecule has 1 atom stereocenters. The SMILES string of the molecule is CNC(C)c1nnc(-c2cc(C)nnc2C)s1. The number of aromatic nitrogens is 4. The molecule has 2 rings (SSSR count). The first-order chi connectivity index (χ1) is 8.11. The fourth-order valence-corrected chi connectivity index (χ4v) is 2.38. The van der Waals surface area contributed by atoms with Crippen LogP contribution in [0.5, 0.6) is 0 Å². The summed E-state index contributed by atoms with van der Waals surface area (Å²) < 4.78 is 0. The maximum atomic E-state index is 4.22. The van der Waals surface area contributed by atoms with Gasteiger partial charge in [-0.05, 0) is 33.9 Å². The van der Waals surface area contributed by atoms with E-state index >= 15 is 0 Å². The molecule has 0 spiro atoms. The molecule has 0 fully saturated rings. The third-order valence-corrected chi connectivity index (χ3v) is 3.71. The van der Waals surface area contributed by atoms with E-state index in [9.17, 15) is 0 Å². The Morgan fingerprint density at radius 1 is 1.18 bits per heavy atom. The number of aryl methyl sites for hydroxylation is 2. The third-order valence-electron chi connectivity index (χ3n) is 2.58. The summed E-state index contributed by atoms with van der Waals surface area (Å²) in [6, 6.07) is 2.22. The maximum absolute atomic E-state index is 4.22. The molecule has 5 nitrogen and oxygen atoms in total. The summed E-state index contributed by atoms with van der Waals surface area (Å²) in [5.74, 6) is 0. The van der Waals surface area contributed by atoms with Crippen molar-refractivity contribution in [1.29, 1.82) is 0 Å². The smallest absolute Gasteiger partial charge is 0.149 e. The van der Waals surface area contributed by atoms with Gasteiger partial charge in [0.1, 0.15) is 10.0 Å². The lowest BCUT2D eigenvalue weighted by atomic mass is 10.2. The minimum absolute atomic E-state index is 0.220. The van der Waals surface area contributed by atoms with Crippen LogP contribution >= 0.6 is 11.3 Å². The molecule has 2 aromatic heterocycles. The Kier molecular flexibility index (Phi) is 3.44. The summed E-state index contributed by atoms with van der Waals surface area (Å²) in [6.45, 7) is 5.92. The summed E-state index contributed by atoms with van der Waals surface area (Å²) in [5, 5.41) is 21.6. The quantitative estimate of drug-likeness (QED) is 0.900. The van der Waals surface area contributed by atoms with Crippen molar-refractivity contribution in [3.8, 4) is 10.6 Å². The molecule has 2 aromatic rings. The number of hydrogen-bond acceptors (Lipinski definition) is 6. The molecule has 17 heavy (non-hydrogen) atoms. The number of hydrogen-bond donors (Lipinski definition) is 1. The van der Waals surface area contributed by atoms with Crippen LogP contribution < -0.4 is 5.32 Å². The van der Waals surface area contributed by atoms with Crippen molar-refractivity contribution in [3.63, 3.8) is 0 Å². The van der Waals surface area contributed by atoms with Gasteiger partial charge in [-0.3, -0.25) is 0 Å². The van der Waals surface area contributed by atoms with Crippen LogP contribution in [0.1, 0.15) is 29.4 Å². The van der Waals surface area contributed by atoms with Crippen molar-refractivity contribution < 1.29 is 0 Å². The molecular weight excluding hydrogens is 234 g/mol. The van der Waals surface area contributed by atoms with Gasteiger partial charge in [-0.2, -0.15) is 10.2 Å². The minimum atomic E-state index is 0.220. The molecule has 90 valence electrons. The predicted octanol–water partition coefficient (Wildman–Crippen LogP) is 1.89. The van der Waals surface area contributed by atoms with E-state index in [2.05, 4.69) is 32.6 Å². The minimum Gasteiger partial charge on any atom is -0.311 e. The molecule has 0 bridgehead atoms. The summed E-state index contributed by atoms with van der Waals surface area (Å²) in [5.41, 5.74) is 2.80. The standard InChI is InChI=1S/C11H15N5S/c1-6-5-9(7(2)14-13-6)11-16-15-10(17-11)8(3)12-4/h5,8,12H,1-4H3. The highest BCUT2D eigenvalue weighted by atomic mass is 32.1. The van der Waals surface area contributed by atoms with Gasteiger partial charge in [0.05, 0.1) is 17.4 Å². The molecule has 0 aliphatic carbocycles. The van der Waals surface area contributed by atoms with E-state index in [1.807, 2.05) is 27.0 Å². The normalized spacial score (nSPS) is 12.7. The lowest BCUT2D eigenvalue weighted by Crippen LogP contribution is -2.11. The zero-order valence-corrected chi connectivity index (χ0v) is 11.2. The number of rotatable bonds is 3. The van der Waals surface area contributed by atoms with Crippen LogP contribution in [0.25, 0.3) is 10.6 Å². The molecule has 0 amide bonds. The second kappa shape index (κ2) is 4.85. The van der Waals surface area contributed by atoms with Crippen molar-refractivity contribution in [2.24, 2.45) is 0 Å². The Balaban J connectivity index is 2.40. The molecule has 1 N–H and O–H groups in total. The van der Waals surface area contributed by atoms with Gasteiger partial charge in [-0.15, -0.1) is 10.2 Å². The molecule has 1 unspecified atom stereocenters.